The van der Waals surface area contributed by atoms with E-state index in [4.69, 9.17) is 24.7 Å². The number of unbranched alkanes of at least 4 members (excludes halogenated alkanes) is 2. The Labute approximate surface area is 131 Å². The van der Waals surface area contributed by atoms with Crippen molar-refractivity contribution in [2.45, 2.75) is 76.4 Å². The van der Waals surface area contributed by atoms with Crippen LogP contribution >= 0.6 is 0 Å². The lowest BCUT2D eigenvalue weighted by atomic mass is 10.0. The smallest absolute Gasteiger partial charge is 0.303 e. The fourth-order valence-electron chi connectivity index (χ4n) is 3.02. The first-order valence-corrected chi connectivity index (χ1v) is 8.53. The molecule has 0 bridgehead atoms. The predicted octanol–water partition coefficient (Wildman–Crippen LogP) is 3.60. The minimum absolute atomic E-state index is 0.230. The molecule has 1 saturated heterocycles. The van der Waals surface area contributed by atoms with Gasteiger partial charge in [0.25, 0.3) is 0 Å². The van der Waals surface area contributed by atoms with Crippen LogP contribution in [0, 0.1) is 5.92 Å². The highest BCUT2D eigenvalue weighted by atomic mass is 17.3. The summed E-state index contributed by atoms with van der Waals surface area (Å²) in [6, 6.07) is 0. The predicted molar refractivity (Wildman–Crippen MR) is 78.7 cm³/mol. The van der Waals surface area contributed by atoms with Crippen LogP contribution in [0.1, 0.15) is 70.6 Å². The normalized spacial score (nSPS) is 23.6. The Hall–Kier alpha value is -0.690. The second-order valence-corrected chi connectivity index (χ2v) is 6.42. The maximum Gasteiger partial charge on any atom is 0.303 e. The lowest BCUT2D eigenvalue weighted by Gasteiger charge is -2.33. The number of hydrogen-bond donors (Lipinski definition) is 1. The molecule has 1 spiro atoms. The summed E-state index contributed by atoms with van der Waals surface area (Å²) < 4.78 is 0. The molecule has 128 valence electrons. The van der Waals surface area contributed by atoms with Crippen LogP contribution in [0.4, 0.5) is 0 Å². The van der Waals surface area contributed by atoms with Gasteiger partial charge in [-0.05, 0) is 25.7 Å². The molecule has 0 aromatic rings. The van der Waals surface area contributed by atoms with Gasteiger partial charge in [-0.15, -0.1) is 0 Å². The maximum absolute atomic E-state index is 10.4. The Morgan fingerprint density at radius 1 is 0.955 bits per heavy atom. The van der Waals surface area contributed by atoms with Gasteiger partial charge in [0.2, 0.25) is 5.79 Å². The highest BCUT2D eigenvalue weighted by Gasteiger charge is 2.37. The molecule has 0 aromatic heterocycles. The summed E-state index contributed by atoms with van der Waals surface area (Å²) in [4.78, 5) is 32.4. The first kappa shape index (κ1) is 17.7. The molecule has 1 aliphatic heterocycles. The van der Waals surface area contributed by atoms with Crippen molar-refractivity contribution in [2.75, 3.05) is 13.2 Å². The van der Waals surface area contributed by atoms with Gasteiger partial charge in [-0.2, -0.15) is 9.78 Å². The second-order valence-electron chi connectivity index (χ2n) is 6.42. The number of carboxylic acid groups (broad SMARTS) is 1. The maximum atomic E-state index is 10.4. The minimum atomic E-state index is -0.729. The molecule has 1 N–H and O–H groups in total. The summed E-state index contributed by atoms with van der Waals surface area (Å²) in [5, 5.41) is 8.60. The third-order valence-corrected chi connectivity index (χ3v) is 4.40. The van der Waals surface area contributed by atoms with Crippen molar-refractivity contribution in [3.63, 3.8) is 0 Å². The van der Waals surface area contributed by atoms with Gasteiger partial charge in [-0.1, -0.05) is 25.7 Å². The molecule has 0 radical (unpaired) electrons. The Kier molecular flexibility index (Phi) is 7.59. The Bertz CT molecular complexity index is 313. The minimum Gasteiger partial charge on any atom is -0.481 e. The van der Waals surface area contributed by atoms with Crippen molar-refractivity contribution in [1.82, 2.24) is 0 Å². The third-order valence-electron chi connectivity index (χ3n) is 4.40. The van der Waals surface area contributed by atoms with Crippen LogP contribution < -0.4 is 0 Å². The second kappa shape index (κ2) is 9.45. The molecule has 1 aliphatic carbocycles. The van der Waals surface area contributed by atoms with E-state index in [-0.39, 0.29) is 12.3 Å². The quantitative estimate of drug-likeness (QED) is 0.596. The summed E-state index contributed by atoms with van der Waals surface area (Å²) in [6.07, 6.45) is 9.94. The third kappa shape index (κ3) is 6.20. The average molecular weight is 316 g/mol. The van der Waals surface area contributed by atoms with E-state index in [2.05, 4.69) is 0 Å². The zero-order chi connectivity index (χ0) is 15.7. The van der Waals surface area contributed by atoms with Crippen LogP contribution in [0.5, 0.6) is 0 Å². The fourth-order valence-corrected chi connectivity index (χ4v) is 3.02. The Morgan fingerprint density at radius 2 is 1.59 bits per heavy atom. The van der Waals surface area contributed by atoms with Crippen LogP contribution in [0.3, 0.4) is 0 Å². The molecule has 2 aliphatic rings. The van der Waals surface area contributed by atoms with Crippen LogP contribution in [0.15, 0.2) is 0 Å². The van der Waals surface area contributed by atoms with Gasteiger partial charge in [0.1, 0.15) is 0 Å². The molecule has 6 heteroatoms. The fraction of sp³-hybridized carbons (Fsp3) is 0.938. The van der Waals surface area contributed by atoms with Gasteiger partial charge < -0.3 is 5.11 Å². The van der Waals surface area contributed by atoms with Gasteiger partial charge in [0.15, 0.2) is 0 Å². The van der Waals surface area contributed by atoms with Crippen LogP contribution in [0.25, 0.3) is 0 Å². The summed E-state index contributed by atoms with van der Waals surface area (Å²) >= 11 is 0. The van der Waals surface area contributed by atoms with Crippen molar-refractivity contribution in [3.8, 4) is 0 Å². The van der Waals surface area contributed by atoms with Crippen molar-refractivity contribution in [1.29, 1.82) is 0 Å². The van der Waals surface area contributed by atoms with Gasteiger partial charge in [-0.3, -0.25) is 4.79 Å². The monoisotopic (exact) mass is 316 g/mol. The van der Waals surface area contributed by atoms with E-state index in [0.717, 1.165) is 51.4 Å². The molecule has 0 amide bonds. The highest BCUT2D eigenvalue weighted by Crippen LogP contribution is 2.33. The van der Waals surface area contributed by atoms with E-state index in [1.54, 1.807) is 0 Å². The first-order valence-electron chi connectivity index (χ1n) is 8.53. The SMILES string of the molecule is O=C(O)CCCCCC1COOC2(CCCCCC2)OOC1. The van der Waals surface area contributed by atoms with Crippen molar-refractivity contribution in [2.24, 2.45) is 5.92 Å². The zero-order valence-corrected chi connectivity index (χ0v) is 13.3. The molecule has 6 nitrogen and oxygen atoms in total. The number of carbonyl (C=O) groups is 1. The van der Waals surface area contributed by atoms with Gasteiger partial charge in [0.05, 0.1) is 13.2 Å². The van der Waals surface area contributed by atoms with Gasteiger partial charge in [0, 0.05) is 25.2 Å². The number of rotatable bonds is 6. The number of aliphatic carboxylic acids is 1. The lowest BCUT2D eigenvalue weighted by molar-refractivity contribution is -0.530. The van der Waals surface area contributed by atoms with E-state index < -0.39 is 11.8 Å². The van der Waals surface area contributed by atoms with Crippen LogP contribution in [-0.2, 0) is 24.3 Å². The molecule has 0 unspecified atom stereocenters. The standard InChI is InChI=1S/C16H28O6/c17-15(18)9-5-3-4-8-14-12-19-21-16(22-20-13-14)10-6-1-2-7-11-16/h14H,1-13H2,(H,17,18). The molecule has 1 saturated carbocycles. The van der Waals surface area contributed by atoms with Crippen LogP contribution in [0.2, 0.25) is 0 Å². The number of hydrogen-bond acceptors (Lipinski definition) is 5. The Balaban J connectivity index is 1.64. The van der Waals surface area contributed by atoms with E-state index in [1.807, 2.05) is 0 Å². The molecule has 2 fully saturated rings. The molecule has 2 rings (SSSR count). The summed E-state index contributed by atoms with van der Waals surface area (Å²) in [5.41, 5.74) is 0. The summed E-state index contributed by atoms with van der Waals surface area (Å²) in [6.45, 7) is 1.01. The zero-order valence-electron chi connectivity index (χ0n) is 13.3. The summed E-state index contributed by atoms with van der Waals surface area (Å²) in [5.74, 6) is -1.22. The average Bonchev–Trinajstić information content (AvgIpc) is 2.70. The van der Waals surface area contributed by atoms with Gasteiger partial charge >= 0.3 is 5.97 Å². The Morgan fingerprint density at radius 3 is 2.18 bits per heavy atom. The van der Waals surface area contributed by atoms with Crippen molar-refractivity contribution >= 4 is 5.97 Å². The molecule has 1 heterocycles. The largest absolute Gasteiger partial charge is 0.481 e. The molecule has 0 atom stereocenters. The lowest BCUT2D eigenvalue weighted by Crippen LogP contribution is -2.39. The van der Waals surface area contributed by atoms with E-state index >= 15 is 0 Å². The molecule has 22 heavy (non-hydrogen) atoms. The number of carboxylic acids is 1. The molecular formula is C16H28O6. The van der Waals surface area contributed by atoms with Gasteiger partial charge in [-0.25, -0.2) is 9.78 Å². The summed E-state index contributed by atoms with van der Waals surface area (Å²) in [7, 11) is 0. The van der Waals surface area contributed by atoms with E-state index in [1.165, 1.54) is 12.8 Å². The highest BCUT2D eigenvalue weighted by molar-refractivity contribution is 5.66. The van der Waals surface area contributed by atoms with Crippen molar-refractivity contribution < 1.29 is 29.5 Å². The van der Waals surface area contributed by atoms with E-state index in [0.29, 0.717) is 13.2 Å². The van der Waals surface area contributed by atoms with E-state index in [9.17, 15) is 4.79 Å². The topological polar surface area (TPSA) is 74.2 Å². The van der Waals surface area contributed by atoms with Crippen LogP contribution in [-0.4, -0.2) is 30.1 Å². The molecule has 0 aromatic carbocycles. The first-order chi connectivity index (χ1) is 10.7. The molecular weight excluding hydrogens is 288 g/mol. The van der Waals surface area contributed by atoms with Crippen molar-refractivity contribution in [3.05, 3.63) is 0 Å².